The van der Waals surface area contributed by atoms with E-state index >= 15 is 0 Å². The average molecular weight is 557 g/mol. The summed E-state index contributed by atoms with van der Waals surface area (Å²) in [4.78, 5) is 28.7. The first kappa shape index (κ1) is 29.7. The molecular weight excluding hydrogens is 524 g/mol. The minimum absolute atomic E-state index is 0.0358. The fraction of sp³-hybridized carbons (Fsp3) is 0.500. The summed E-state index contributed by atoms with van der Waals surface area (Å²) in [6.45, 7) is 6.24. The maximum Gasteiger partial charge on any atom is 0.417 e. The fourth-order valence-electron chi connectivity index (χ4n) is 4.69. The van der Waals surface area contributed by atoms with E-state index in [4.69, 9.17) is 16.3 Å². The number of halogens is 5. The molecule has 0 radical (unpaired) electrons. The second-order valence-corrected chi connectivity index (χ2v) is 11.1. The van der Waals surface area contributed by atoms with Crippen LogP contribution in [0, 0.1) is 11.7 Å². The zero-order valence-corrected chi connectivity index (χ0v) is 22.7. The number of carbonyl (C=O) groups is 2. The average Bonchev–Trinajstić information content (AvgIpc) is 2.82. The number of hydrogen-bond donors (Lipinski definition) is 0. The van der Waals surface area contributed by atoms with Gasteiger partial charge in [-0.25, -0.2) is 9.18 Å². The molecule has 5 nitrogen and oxygen atoms in total. The molecule has 0 spiro atoms. The molecule has 38 heavy (non-hydrogen) atoms. The molecule has 0 saturated carbocycles. The minimum Gasteiger partial charge on any atom is -0.444 e. The molecule has 1 atom stereocenters. The largest absolute Gasteiger partial charge is 0.444 e. The van der Waals surface area contributed by atoms with Gasteiger partial charge in [0, 0.05) is 33.1 Å². The lowest BCUT2D eigenvalue weighted by Crippen LogP contribution is -2.43. The van der Waals surface area contributed by atoms with Crippen LogP contribution in [0.5, 0.6) is 0 Å². The van der Waals surface area contributed by atoms with E-state index in [1.165, 1.54) is 36.2 Å². The first-order valence-corrected chi connectivity index (χ1v) is 12.9. The summed E-state index contributed by atoms with van der Waals surface area (Å²) in [7, 11) is 1.52. The van der Waals surface area contributed by atoms with Crippen LogP contribution < -0.4 is 0 Å². The summed E-state index contributed by atoms with van der Waals surface area (Å²) < 4.78 is 58.9. The molecule has 2 aromatic carbocycles. The Hall–Kier alpha value is -2.81. The molecule has 0 bridgehead atoms. The summed E-state index contributed by atoms with van der Waals surface area (Å²) in [5.41, 5.74) is -0.565. The third kappa shape index (κ3) is 7.85. The van der Waals surface area contributed by atoms with Crippen molar-refractivity contribution in [3.63, 3.8) is 0 Å². The molecule has 0 N–H and O–H groups in total. The summed E-state index contributed by atoms with van der Waals surface area (Å²) >= 11 is 6.02. The van der Waals surface area contributed by atoms with Crippen LogP contribution in [0.25, 0.3) is 0 Å². The summed E-state index contributed by atoms with van der Waals surface area (Å²) in [6, 6.07) is 9.62. The Labute approximate surface area is 225 Å². The standard InChI is InChI=1S/C28H33ClF4N2O3/c1-27(2,3)38-26(37)35-14-12-19(13-15-35)22(18-8-10-21(30)11-9-18)16-24(36)34(4)17-20-6-5-7-23(25(20)29)28(31,32)33/h5-11,19,22H,12-17H2,1-4H3. The molecule has 1 saturated heterocycles. The van der Waals surface area contributed by atoms with E-state index < -0.39 is 28.2 Å². The maximum atomic E-state index is 13.6. The smallest absolute Gasteiger partial charge is 0.417 e. The molecule has 1 fully saturated rings. The highest BCUT2D eigenvalue weighted by atomic mass is 35.5. The van der Waals surface area contributed by atoms with Crippen molar-refractivity contribution >= 4 is 23.6 Å². The van der Waals surface area contributed by atoms with E-state index in [2.05, 4.69) is 0 Å². The Morgan fingerprint density at radius 3 is 2.24 bits per heavy atom. The lowest BCUT2D eigenvalue weighted by Gasteiger charge is -2.37. The van der Waals surface area contributed by atoms with E-state index in [0.29, 0.717) is 25.9 Å². The van der Waals surface area contributed by atoms with Crippen LogP contribution in [-0.4, -0.2) is 47.5 Å². The highest BCUT2D eigenvalue weighted by Gasteiger charge is 2.35. The zero-order valence-electron chi connectivity index (χ0n) is 21.9. The predicted octanol–water partition coefficient (Wildman–Crippen LogP) is 7.28. The SMILES string of the molecule is CN(Cc1cccc(C(F)(F)F)c1Cl)C(=O)CC(c1ccc(F)cc1)C1CCN(C(=O)OC(C)(C)C)CC1. The van der Waals surface area contributed by atoms with Crippen LogP contribution in [0.15, 0.2) is 42.5 Å². The van der Waals surface area contributed by atoms with Crippen LogP contribution in [0.3, 0.4) is 0 Å². The quantitative estimate of drug-likeness (QED) is 0.351. The van der Waals surface area contributed by atoms with Crippen LogP contribution in [0.1, 0.15) is 62.6 Å². The van der Waals surface area contributed by atoms with Crippen molar-refractivity contribution in [2.75, 3.05) is 20.1 Å². The molecule has 1 aliphatic rings. The van der Waals surface area contributed by atoms with Crippen LogP contribution in [0.4, 0.5) is 22.4 Å². The number of ether oxygens (including phenoxy) is 1. The number of benzene rings is 2. The van der Waals surface area contributed by atoms with E-state index in [-0.39, 0.29) is 42.4 Å². The number of carbonyl (C=O) groups excluding carboxylic acids is 2. The number of amides is 2. The van der Waals surface area contributed by atoms with Gasteiger partial charge in [-0.1, -0.05) is 35.9 Å². The van der Waals surface area contributed by atoms with Gasteiger partial charge in [0.1, 0.15) is 11.4 Å². The van der Waals surface area contributed by atoms with Gasteiger partial charge in [0.05, 0.1) is 10.6 Å². The number of piperidine rings is 1. The zero-order chi connectivity index (χ0) is 28.3. The van der Waals surface area contributed by atoms with Crippen molar-refractivity contribution in [3.05, 3.63) is 70.0 Å². The van der Waals surface area contributed by atoms with Crippen LogP contribution in [-0.2, 0) is 22.3 Å². The van der Waals surface area contributed by atoms with Gasteiger partial charge in [-0.05, 0) is 74.8 Å². The molecule has 3 rings (SSSR count). The monoisotopic (exact) mass is 556 g/mol. The molecule has 0 aromatic heterocycles. The van der Waals surface area contributed by atoms with Gasteiger partial charge in [-0.15, -0.1) is 0 Å². The Bertz CT molecular complexity index is 1120. The number of rotatable bonds is 6. The highest BCUT2D eigenvalue weighted by Crippen LogP contribution is 2.38. The van der Waals surface area contributed by atoms with Crippen LogP contribution in [0.2, 0.25) is 5.02 Å². The van der Waals surface area contributed by atoms with Gasteiger partial charge < -0.3 is 14.5 Å². The van der Waals surface area contributed by atoms with E-state index in [1.54, 1.807) is 37.8 Å². The van der Waals surface area contributed by atoms with E-state index in [1.807, 2.05) is 0 Å². The number of likely N-dealkylation sites (tertiary alicyclic amines) is 1. The molecule has 2 aromatic rings. The van der Waals surface area contributed by atoms with Crippen molar-refractivity contribution in [1.29, 1.82) is 0 Å². The summed E-state index contributed by atoms with van der Waals surface area (Å²) in [5.74, 6) is -0.894. The molecule has 10 heteroatoms. The number of alkyl halides is 3. The Morgan fingerprint density at radius 2 is 1.68 bits per heavy atom. The lowest BCUT2D eigenvalue weighted by molar-refractivity contribution is -0.137. The number of nitrogens with zero attached hydrogens (tertiary/aromatic N) is 2. The Morgan fingerprint density at radius 1 is 1.08 bits per heavy atom. The Kier molecular flexibility index (Phi) is 9.34. The molecule has 1 unspecified atom stereocenters. The third-order valence-corrected chi connectivity index (χ3v) is 7.12. The number of hydrogen-bond acceptors (Lipinski definition) is 3. The van der Waals surface area contributed by atoms with Gasteiger partial charge in [-0.3, -0.25) is 4.79 Å². The van der Waals surface area contributed by atoms with Crippen molar-refractivity contribution in [3.8, 4) is 0 Å². The molecular formula is C28H33ClF4N2O3. The van der Waals surface area contributed by atoms with E-state index in [9.17, 15) is 27.2 Å². The van der Waals surface area contributed by atoms with Gasteiger partial charge in [0.2, 0.25) is 5.91 Å². The topological polar surface area (TPSA) is 49.9 Å². The predicted molar refractivity (Wildman–Crippen MR) is 137 cm³/mol. The van der Waals surface area contributed by atoms with Crippen molar-refractivity contribution in [2.24, 2.45) is 5.92 Å². The summed E-state index contributed by atoms with van der Waals surface area (Å²) in [6.07, 6.45) is -3.66. The van der Waals surface area contributed by atoms with Gasteiger partial charge in [0.25, 0.3) is 0 Å². The first-order chi connectivity index (χ1) is 17.7. The molecule has 1 aliphatic heterocycles. The highest BCUT2D eigenvalue weighted by molar-refractivity contribution is 6.32. The summed E-state index contributed by atoms with van der Waals surface area (Å²) in [5, 5.41) is -0.427. The normalized spacial score (nSPS) is 15.8. The van der Waals surface area contributed by atoms with Gasteiger partial charge in [-0.2, -0.15) is 13.2 Å². The molecule has 0 aliphatic carbocycles. The minimum atomic E-state index is -4.60. The van der Waals surface area contributed by atoms with Crippen molar-refractivity contribution in [1.82, 2.24) is 9.80 Å². The molecule has 1 heterocycles. The van der Waals surface area contributed by atoms with Crippen molar-refractivity contribution < 1.29 is 31.9 Å². The van der Waals surface area contributed by atoms with Gasteiger partial charge >= 0.3 is 12.3 Å². The fourth-order valence-corrected chi connectivity index (χ4v) is 4.98. The van der Waals surface area contributed by atoms with E-state index in [0.717, 1.165) is 11.6 Å². The molecule has 2 amide bonds. The third-order valence-electron chi connectivity index (χ3n) is 6.67. The molecule has 208 valence electrons. The lowest BCUT2D eigenvalue weighted by atomic mass is 9.78. The van der Waals surface area contributed by atoms with Gasteiger partial charge in [0.15, 0.2) is 0 Å². The van der Waals surface area contributed by atoms with Crippen LogP contribution >= 0.6 is 11.6 Å². The Balaban J connectivity index is 1.73. The first-order valence-electron chi connectivity index (χ1n) is 12.5. The second-order valence-electron chi connectivity index (χ2n) is 10.7. The second kappa shape index (κ2) is 11.9. The van der Waals surface area contributed by atoms with Crippen molar-refractivity contribution in [2.45, 2.75) is 64.3 Å². The maximum absolute atomic E-state index is 13.6.